The van der Waals surface area contributed by atoms with E-state index < -0.39 is 5.97 Å². The number of carbonyl (C=O) groups is 2. The summed E-state index contributed by atoms with van der Waals surface area (Å²) in [6.45, 7) is 4.38. The number of carboxylic acids is 1. The summed E-state index contributed by atoms with van der Waals surface area (Å²) in [6, 6.07) is 19.7. The zero-order valence-corrected chi connectivity index (χ0v) is 20.1. The number of rotatable bonds is 8. The van der Waals surface area contributed by atoms with Gasteiger partial charge in [0, 0.05) is 17.7 Å². The molecule has 0 radical (unpaired) electrons. The molecule has 0 amide bonds. The molecule has 0 aliphatic carbocycles. The molecule has 1 heterocycles. The zero-order chi connectivity index (χ0) is 26.1. The summed E-state index contributed by atoms with van der Waals surface area (Å²) in [6.07, 6.45) is 1.46. The standard InChI is InChI=1S/C25H21FN2O2.C3H7NO2/c1-16-6-7-19(12-17(16)2)13-23(21-4-3-5-22(26)14-21)25-27-24(28-30-25)20-10-8-18(15-29)9-11-20;4-2-1-3(5)6/h3-12,14-15,23H,13H2,1-2H3;1-2,4H2,(H,5,6). The quantitative estimate of drug-likeness (QED) is 0.331. The molecule has 0 saturated carbocycles. The third kappa shape index (κ3) is 7.16. The molecule has 36 heavy (non-hydrogen) atoms. The van der Waals surface area contributed by atoms with Crippen molar-refractivity contribution in [3.8, 4) is 11.4 Å². The van der Waals surface area contributed by atoms with Crippen LogP contribution in [0.1, 0.15) is 50.8 Å². The Kier molecular flexibility index (Phi) is 9.19. The Labute approximate surface area is 208 Å². The number of halogens is 1. The van der Waals surface area contributed by atoms with E-state index in [1.54, 1.807) is 30.3 Å². The average Bonchev–Trinajstić information content (AvgIpc) is 3.35. The first-order valence-corrected chi connectivity index (χ1v) is 11.4. The third-order valence-corrected chi connectivity index (χ3v) is 5.67. The molecule has 0 fully saturated rings. The van der Waals surface area contributed by atoms with Crippen LogP contribution in [0, 0.1) is 19.7 Å². The fraction of sp³-hybridized carbons (Fsp3) is 0.214. The highest BCUT2D eigenvalue weighted by molar-refractivity contribution is 5.76. The van der Waals surface area contributed by atoms with Crippen molar-refractivity contribution in [3.05, 3.63) is 106 Å². The molecule has 3 N–H and O–H groups in total. The van der Waals surface area contributed by atoms with Crippen molar-refractivity contribution in [3.63, 3.8) is 0 Å². The number of aromatic nitrogens is 2. The first kappa shape index (κ1) is 26.4. The summed E-state index contributed by atoms with van der Waals surface area (Å²) in [5.74, 6) is -0.560. The predicted octanol–water partition coefficient (Wildman–Crippen LogP) is 5.10. The molecule has 1 atom stereocenters. The van der Waals surface area contributed by atoms with Crippen molar-refractivity contribution >= 4 is 12.3 Å². The van der Waals surface area contributed by atoms with E-state index >= 15 is 0 Å². The molecule has 1 unspecified atom stereocenters. The molecule has 0 saturated heterocycles. The molecule has 186 valence electrons. The van der Waals surface area contributed by atoms with Crippen LogP contribution in [-0.2, 0) is 11.2 Å². The molecule has 4 aromatic rings. The van der Waals surface area contributed by atoms with Crippen LogP contribution in [0.4, 0.5) is 4.39 Å². The summed E-state index contributed by atoms with van der Waals surface area (Å²) in [5.41, 5.74) is 10.5. The monoisotopic (exact) mass is 489 g/mol. The summed E-state index contributed by atoms with van der Waals surface area (Å²) < 4.78 is 19.6. The van der Waals surface area contributed by atoms with E-state index in [1.165, 1.54) is 23.3 Å². The number of aryl methyl sites for hydroxylation is 2. The van der Waals surface area contributed by atoms with E-state index in [9.17, 15) is 14.0 Å². The molecule has 3 aromatic carbocycles. The summed E-state index contributed by atoms with van der Waals surface area (Å²) >= 11 is 0. The Morgan fingerprint density at radius 1 is 1.08 bits per heavy atom. The molecule has 0 spiro atoms. The van der Waals surface area contributed by atoms with E-state index in [2.05, 4.69) is 42.2 Å². The van der Waals surface area contributed by atoms with Crippen LogP contribution >= 0.6 is 0 Å². The number of aliphatic carboxylic acids is 1. The lowest BCUT2D eigenvalue weighted by molar-refractivity contribution is -0.136. The van der Waals surface area contributed by atoms with Gasteiger partial charge in [-0.25, -0.2) is 4.39 Å². The fourth-order valence-electron chi connectivity index (χ4n) is 3.57. The number of nitrogens with zero attached hydrogens (tertiary/aromatic N) is 2. The smallest absolute Gasteiger partial charge is 0.304 e. The normalized spacial score (nSPS) is 11.3. The Balaban J connectivity index is 0.000000538. The van der Waals surface area contributed by atoms with Gasteiger partial charge in [-0.05, 0) is 54.7 Å². The molecule has 8 heteroatoms. The van der Waals surface area contributed by atoms with Crippen LogP contribution in [0.15, 0.2) is 71.3 Å². The van der Waals surface area contributed by atoms with Crippen molar-refractivity contribution in [1.29, 1.82) is 0 Å². The van der Waals surface area contributed by atoms with Gasteiger partial charge in [0.2, 0.25) is 11.7 Å². The van der Waals surface area contributed by atoms with Gasteiger partial charge in [0.1, 0.15) is 12.1 Å². The van der Waals surface area contributed by atoms with Gasteiger partial charge >= 0.3 is 5.97 Å². The van der Waals surface area contributed by atoms with E-state index in [0.29, 0.717) is 23.7 Å². The zero-order valence-electron chi connectivity index (χ0n) is 20.1. The van der Waals surface area contributed by atoms with Crippen LogP contribution in [0.2, 0.25) is 0 Å². The van der Waals surface area contributed by atoms with Gasteiger partial charge in [0.15, 0.2) is 0 Å². The first-order chi connectivity index (χ1) is 17.3. The second-order valence-electron chi connectivity index (χ2n) is 8.36. The van der Waals surface area contributed by atoms with E-state index in [-0.39, 0.29) is 24.7 Å². The lowest BCUT2D eigenvalue weighted by atomic mass is 9.90. The van der Waals surface area contributed by atoms with Gasteiger partial charge in [-0.3, -0.25) is 9.59 Å². The molecular weight excluding hydrogens is 461 g/mol. The number of carboxylic acid groups (broad SMARTS) is 1. The number of hydrogen-bond donors (Lipinski definition) is 2. The number of aldehydes is 1. The van der Waals surface area contributed by atoms with Crippen LogP contribution in [0.5, 0.6) is 0 Å². The number of benzene rings is 3. The molecule has 0 aliphatic rings. The molecule has 7 nitrogen and oxygen atoms in total. The lowest BCUT2D eigenvalue weighted by Gasteiger charge is -2.14. The lowest BCUT2D eigenvalue weighted by Crippen LogP contribution is -2.06. The van der Waals surface area contributed by atoms with Crippen molar-refractivity contribution in [2.75, 3.05) is 6.54 Å². The summed E-state index contributed by atoms with van der Waals surface area (Å²) in [5, 5.41) is 11.9. The number of carbonyl (C=O) groups excluding carboxylic acids is 1. The minimum atomic E-state index is -0.836. The van der Waals surface area contributed by atoms with Crippen molar-refractivity contribution in [1.82, 2.24) is 10.1 Å². The van der Waals surface area contributed by atoms with Gasteiger partial charge in [0.05, 0.1) is 12.3 Å². The van der Waals surface area contributed by atoms with Crippen LogP contribution < -0.4 is 5.73 Å². The molecule has 1 aromatic heterocycles. The molecule has 0 bridgehead atoms. The minimum Gasteiger partial charge on any atom is -0.481 e. The van der Waals surface area contributed by atoms with Crippen molar-refractivity contribution < 1.29 is 23.6 Å². The highest BCUT2D eigenvalue weighted by atomic mass is 19.1. The van der Waals surface area contributed by atoms with Crippen LogP contribution in [0.3, 0.4) is 0 Å². The van der Waals surface area contributed by atoms with Crippen molar-refractivity contribution in [2.45, 2.75) is 32.6 Å². The van der Waals surface area contributed by atoms with Crippen LogP contribution in [0.25, 0.3) is 11.4 Å². The molecule has 4 rings (SSSR count). The third-order valence-electron chi connectivity index (χ3n) is 5.67. The average molecular weight is 490 g/mol. The van der Waals surface area contributed by atoms with Crippen LogP contribution in [-0.4, -0.2) is 34.0 Å². The first-order valence-electron chi connectivity index (χ1n) is 11.4. The minimum absolute atomic E-state index is 0.0694. The SMILES string of the molecule is Cc1ccc(CC(c2cccc(F)c2)c2nc(-c3ccc(C=O)cc3)no2)cc1C.NCCC(=O)O. The van der Waals surface area contributed by atoms with Gasteiger partial charge in [-0.2, -0.15) is 4.98 Å². The van der Waals surface area contributed by atoms with Gasteiger partial charge in [-0.15, -0.1) is 0 Å². The number of nitrogens with two attached hydrogens (primary N) is 1. The molecule has 0 aliphatic heterocycles. The fourth-order valence-corrected chi connectivity index (χ4v) is 3.57. The van der Waals surface area contributed by atoms with E-state index in [1.807, 2.05) is 6.07 Å². The van der Waals surface area contributed by atoms with E-state index in [0.717, 1.165) is 23.0 Å². The van der Waals surface area contributed by atoms with Crippen molar-refractivity contribution in [2.24, 2.45) is 5.73 Å². The largest absolute Gasteiger partial charge is 0.481 e. The Morgan fingerprint density at radius 3 is 2.42 bits per heavy atom. The molecular formula is C28H28FN3O4. The maximum absolute atomic E-state index is 13.9. The summed E-state index contributed by atoms with van der Waals surface area (Å²) in [4.78, 5) is 25.0. The Morgan fingerprint density at radius 2 is 1.83 bits per heavy atom. The van der Waals surface area contributed by atoms with Gasteiger partial charge in [-0.1, -0.05) is 59.8 Å². The topological polar surface area (TPSA) is 119 Å². The highest BCUT2D eigenvalue weighted by Crippen LogP contribution is 2.30. The maximum Gasteiger partial charge on any atom is 0.304 e. The second-order valence-corrected chi connectivity index (χ2v) is 8.36. The number of hydrogen-bond acceptors (Lipinski definition) is 6. The van der Waals surface area contributed by atoms with Gasteiger partial charge < -0.3 is 15.4 Å². The van der Waals surface area contributed by atoms with E-state index in [4.69, 9.17) is 15.4 Å². The Hall–Kier alpha value is -4.17. The second kappa shape index (κ2) is 12.5. The Bertz CT molecular complexity index is 1320. The summed E-state index contributed by atoms with van der Waals surface area (Å²) in [7, 11) is 0. The maximum atomic E-state index is 13.9. The predicted molar refractivity (Wildman–Crippen MR) is 134 cm³/mol. The van der Waals surface area contributed by atoms with Gasteiger partial charge in [0.25, 0.3) is 0 Å². The highest BCUT2D eigenvalue weighted by Gasteiger charge is 2.23.